The summed E-state index contributed by atoms with van der Waals surface area (Å²) in [4.78, 5) is 31.4. The zero-order valence-corrected chi connectivity index (χ0v) is 20.9. The van der Waals surface area contributed by atoms with Gasteiger partial charge in [-0.25, -0.2) is 0 Å². The maximum absolute atomic E-state index is 14.0. The highest BCUT2D eigenvalue weighted by Crippen LogP contribution is 2.27. The molecule has 0 spiro atoms. The van der Waals surface area contributed by atoms with E-state index in [2.05, 4.69) is 10.3 Å². The molecule has 3 aromatic heterocycles. The summed E-state index contributed by atoms with van der Waals surface area (Å²) < 4.78 is 5.56. The standard InChI is InChI=1S/C28H24ClN3O3S/c29-24-8-2-1-7-23(24)27(30-16-19-9-11-25-20(15-19)10-12-26(33)31-25)28(34)32(17-21-5-3-13-35-21)18-22-6-4-14-36-22/h1-15,27,30H,16-18H2,(H,31,33)/t27-/m1/s1. The second-order valence-electron chi connectivity index (χ2n) is 8.43. The molecule has 1 atom stereocenters. The Bertz CT molecular complexity index is 1480. The molecule has 0 radical (unpaired) electrons. The largest absolute Gasteiger partial charge is 0.467 e. The van der Waals surface area contributed by atoms with Crippen LogP contribution in [-0.4, -0.2) is 15.8 Å². The molecule has 0 saturated heterocycles. The number of amides is 1. The summed E-state index contributed by atoms with van der Waals surface area (Å²) in [6.07, 6.45) is 1.61. The average Bonchev–Trinajstić information content (AvgIpc) is 3.59. The van der Waals surface area contributed by atoms with E-state index in [9.17, 15) is 9.59 Å². The van der Waals surface area contributed by atoms with E-state index >= 15 is 0 Å². The van der Waals surface area contributed by atoms with Crippen molar-refractivity contribution in [2.75, 3.05) is 0 Å². The SMILES string of the molecule is O=C([C@H](NCc1ccc2[nH]c(=O)ccc2c1)c1ccccc1Cl)N(Cc1ccco1)Cc1cccs1. The first-order valence-electron chi connectivity index (χ1n) is 11.5. The van der Waals surface area contributed by atoms with Crippen LogP contribution in [0.5, 0.6) is 0 Å². The van der Waals surface area contributed by atoms with Crippen LogP contribution in [0.4, 0.5) is 0 Å². The van der Waals surface area contributed by atoms with Gasteiger partial charge >= 0.3 is 0 Å². The van der Waals surface area contributed by atoms with Crippen molar-refractivity contribution >= 4 is 39.7 Å². The van der Waals surface area contributed by atoms with Crippen LogP contribution in [0.15, 0.2) is 99.7 Å². The summed E-state index contributed by atoms with van der Waals surface area (Å²) in [5.41, 5.74) is 2.32. The Labute approximate surface area is 217 Å². The predicted molar refractivity (Wildman–Crippen MR) is 143 cm³/mol. The molecule has 5 rings (SSSR count). The molecule has 0 bridgehead atoms. The van der Waals surface area contributed by atoms with Crippen molar-refractivity contribution in [3.8, 4) is 0 Å². The summed E-state index contributed by atoms with van der Waals surface area (Å²) >= 11 is 8.18. The van der Waals surface area contributed by atoms with Crippen molar-refractivity contribution in [1.29, 1.82) is 0 Å². The molecule has 8 heteroatoms. The zero-order valence-electron chi connectivity index (χ0n) is 19.3. The van der Waals surface area contributed by atoms with Gasteiger partial charge in [0.15, 0.2) is 0 Å². The number of halogens is 1. The normalized spacial score (nSPS) is 12.0. The lowest BCUT2D eigenvalue weighted by Gasteiger charge is -2.28. The topological polar surface area (TPSA) is 78.3 Å². The highest BCUT2D eigenvalue weighted by molar-refractivity contribution is 7.09. The quantitative estimate of drug-likeness (QED) is 0.255. The van der Waals surface area contributed by atoms with E-state index in [4.69, 9.17) is 16.0 Å². The summed E-state index contributed by atoms with van der Waals surface area (Å²) in [6, 6.07) is 23.5. The van der Waals surface area contributed by atoms with Crippen LogP contribution in [0.2, 0.25) is 5.02 Å². The Kier molecular flexibility index (Phi) is 7.32. The predicted octanol–water partition coefficient (Wildman–Crippen LogP) is 5.90. The van der Waals surface area contributed by atoms with Crippen molar-refractivity contribution in [3.63, 3.8) is 0 Å². The zero-order chi connectivity index (χ0) is 24.9. The summed E-state index contributed by atoms with van der Waals surface area (Å²) in [5, 5.41) is 6.88. The van der Waals surface area contributed by atoms with Gasteiger partial charge in [-0.2, -0.15) is 0 Å². The van der Waals surface area contributed by atoms with Gasteiger partial charge in [0.25, 0.3) is 0 Å². The highest BCUT2D eigenvalue weighted by atomic mass is 35.5. The fourth-order valence-electron chi connectivity index (χ4n) is 4.15. The Hall–Kier alpha value is -3.65. The highest BCUT2D eigenvalue weighted by Gasteiger charge is 2.28. The Morgan fingerprint density at radius 3 is 2.69 bits per heavy atom. The first-order valence-corrected chi connectivity index (χ1v) is 12.8. The molecule has 0 fully saturated rings. The minimum Gasteiger partial charge on any atom is -0.467 e. The third kappa shape index (κ3) is 5.60. The van der Waals surface area contributed by atoms with Crippen molar-refractivity contribution < 1.29 is 9.21 Å². The molecule has 5 aromatic rings. The van der Waals surface area contributed by atoms with Crippen LogP contribution in [0, 0.1) is 0 Å². The fourth-order valence-corrected chi connectivity index (χ4v) is 5.11. The molecule has 3 heterocycles. The van der Waals surface area contributed by atoms with E-state index in [-0.39, 0.29) is 11.5 Å². The van der Waals surface area contributed by atoms with Gasteiger partial charge in [-0.15, -0.1) is 11.3 Å². The number of carbonyl (C=O) groups excluding carboxylic acids is 1. The van der Waals surface area contributed by atoms with Gasteiger partial charge in [-0.1, -0.05) is 41.9 Å². The lowest BCUT2D eigenvalue weighted by molar-refractivity contribution is -0.135. The van der Waals surface area contributed by atoms with E-state index < -0.39 is 6.04 Å². The van der Waals surface area contributed by atoms with E-state index in [0.29, 0.717) is 36.0 Å². The Balaban J connectivity index is 1.44. The number of nitrogens with zero attached hydrogens (tertiary/aromatic N) is 1. The summed E-state index contributed by atoms with van der Waals surface area (Å²) in [7, 11) is 0. The van der Waals surface area contributed by atoms with E-state index in [1.807, 2.05) is 66.0 Å². The van der Waals surface area contributed by atoms with Gasteiger partial charge < -0.3 is 14.3 Å². The molecule has 0 saturated carbocycles. The number of aromatic nitrogens is 1. The molecule has 6 nitrogen and oxygen atoms in total. The minimum atomic E-state index is -0.667. The number of hydrogen-bond donors (Lipinski definition) is 2. The number of thiophene rings is 1. The number of carbonyl (C=O) groups is 1. The third-order valence-corrected chi connectivity index (χ3v) is 7.13. The summed E-state index contributed by atoms with van der Waals surface area (Å²) in [5.74, 6) is 0.611. The van der Waals surface area contributed by atoms with E-state index in [0.717, 1.165) is 21.3 Å². The molecular weight excluding hydrogens is 494 g/mol. The maximum atomic E-state index is 14.0. The number of pyridine rings is 1. The van der Waals surface area contributed by atoms with Crippen molar-refractivity contribution in [3.05, 3.63) is 128 Å². The van der Waals surface area contributed by atoms with Gasteiger partial charge in [0.1, 0.15) is 11.8 Å². The first-order chi connectivity index (χ1) is 17.6. The maximum Gasteiger partial charge on any atom is 0.248 e. The number of fused-ring (bicyclic) bond motifs is 1. The molecule has 0 unspecified atom stereocenters. The van der Waals surface area contributed by atoms with E-state index in [1.165, 1.54) is 6.07 Å². The number of benzene rings is 2. The van der Waals surface area contributed by atoms with Gasteiger partial charge in [-0.3, -0.25) is 14.9 Å². The van der Waals surface area contributed by atoms with Gasteiger partial charge in [0, 0.05) is 28.0 Å². The number of rotatable bonds is 9. The van der Waals surface area contributed by atoms with E-state index in [1.54, 1.807) is 34.6 Å². The van der Waals surface area contributed by atoms with Gasteiger partial charge in [0.2, 0.25) is 11.5 Å². The number of hydrogen-bond acceptors (Lipinski definition) is 5. The number of aromatic amines is 1. The molecule has 0 aliphatic carbocycles. The number of H-pyrrole nitrogens is 1. The van der Waals surface area contributed by atoms with Gasteiger partial charge in [0.05, 0.1) is 19.4 Å². The molecular formula is C28H24ClN3O3S. The summed E-state index contributed by atoms with van der Waals surface area (Å²) in [6.45, 7) is 1.24. The Morgan fingerprint density at radius 1 is 1.03 bits per heavy atom. The van der Waals surface area contributed by atoms with Crippen LogP contribution in [0.3, 0.4) is 0 Å². The molecule has 2 aromatic carbocycles. The molecule has 1 amide bonds. The second-order valence-corrected chi connectivity index (χ2v) is 9.87. The molecule has 2 N–H and O–H groups in total. The number of nitrogens with one attached hydrogen (secondary N) is 2. The Morgan fingerprint density at radius 2 is 1.92 bits per heavy atom. The lowest BCUT2D eigenvalue weighted by atomic mass is 10.0. The van der Waals surface area contributed by atoms with Crippen molar-refractivity contribution in [1.82, 2.24) is 15.2 Å². The van der Waals surface area contributed by atoms with Crippen LogP contribution in [-0.2, 0) is 24.4 Å². The van der Waals surface area contributed by atoms with Crippen molar-refractivity contribution in [2.45, 2.75) is 25.7 Å². The lowest BCUT2D eigenvalue weighted by Crippen LogP contribution is -2.40. The van der Waals surface area contributed by atoms with Crippen molar-refractivity contribution in [2.24, 2.45) is 0 Å². The molecule has 36 heavy (non-hydrogen) atoms. The fraction of sp³-hybridized carbons (Fsp3) is 0.143. The first kappa shape index (κ1) is 24.1. The second kappa shape index (κ2) is 11.0. The molecule has 0 aliphatic heterocycles. The molecule has 0 aliphatic rings. The van der Waals surface area contributed by atoms with Crippen LogP contribution >= 0.6 is 22.9 Å². The van der Waals surface area contributed by atoms with Crippen LogP contribution in [0.1, 0.15) is 27.8 Å². The van der Waals surface area contributed by atoms with Crippen LogP contribution < -0.4 is 10.9 Å². The number of furan rings is 1. The monoisotopic (exact) mass is 517 g/mol. The van der Waals surface area contributed by atoms with Gasteiger partial charge in [-0.05, 0) is 64.4 Å². The minimum absolute atomic E-state index is 0.0991. The third-order valence-electron chi connectivity index (χ3n) is 5.93. The van der Waals surface area contributed by atoms with Crippen LogP contribution in [0.25, 0.3) is 10.9 Å². The average molecular weight is 518 g/mol. The smallest absolute Gasteiger partial charge is 0.248 e. The molecule has 182 valence electrons.